The van der Waals surface area contributed by atoms with Crippen molar-refractivity contribution in [2.24, 2.45) is 11.7 Å². The molecule has 4 heteroatoms. The Hall–Kier alpha value is -0.640. The van der Waals surface area contributed by atoms with E-state index >= 15 is 0 Å². The molecule has 0 aliphatic rings. The molecule has 2 atom stereocenters. The average molecular weight is 245 g/mol. The van der Waals surface area contributed by atoms with Crippen molar-refractivity contribution in [3.8, 4) is 0 Å². The van der Waals surface area contributed by atoms with Crippen LogP contribution in [0.1, 0.15) is 18.5 Å². The predicted octanol–water partition coefficient (Wildman–Crippen LogP) is 2.68. The normalized spacial score (nSPS) is 15.2. The lowest BCUT2D eigenvalue weighted by molar-refractivity contribution is 0.227. The van der Waals surface area contributed by atoms with E-state index < -0.39 is 0 Å². The molecule has 2 unspecified atom stereocenters. The molecular formula is C12H18ClFN2. The molecule has 0 saturated heterocycles. The van der Waals surface area contributed by atoms with Gasteiger partial charge in [0.15, 0.2) is 0 Å². The highest BCUT2D eigenvalue weighted by Crippen LogP contribution is 2.28. The first-order valence-electron chi connectivity index (χ1n) is 5.28. The standard InChI is InChI=1S/C12H18ClFN2/c1-8(7-15)12(16(2)3)9-4-5-11(14)10(13)6-9/h4-6,8,12H,7,15H2,1-3H3. The number of hydrogen-bond acceptors (Lipinski definition) is 2. The highest BCUT2D eigenvalue weighted by Gasteiger charge is 2.21. The molecule has 0 fully saturated rings. The molecule has 2 N–H and O–H groups in total. The van der Waals surface area contributed by atoms with E-state index in [1.165, 1.54) is 6.07 Å². The van der Waals surface area contributed by atoms with Crippen molar-refractivity contribution in [1.29, 1.82) is 0 Å². The summed E-state index contributed by atoms with van der Waals surface area (Å²) in [7, 11) is 3.96. The zero-order valence-electron chi connectivity index (χ0n) is 9.87. The van der Waals surface area contributed by atoms with Gasteiger partial charge in [0.05, 0.1) is 5.02 Å². The number of rotatable bonds is 4. The van der Waals surface area contributed by atoms with Crippen LogP contribution in [0.4, 0.5) is 4.39 Å². The summed E-state index contributed by atoms with van der Waals surface area (Å²) in [6.45, 7) is 2.65. The van der Waals surface area contributed by atoms with Crippen LogP contribution in [-0.4, -0.2) is 25.5 Å². The van der Waals surface area contributed by atoms with Crippen molar-refractivity contribution in [1.82, 2.24) is 4.90 Å². The topological polar surface area (TPSA) is 29.3 Å². The van der Waals surface area contributed by atoms with Crippen LogP contribution in [0.2, 0.25) is 5.02 Å². The summed E-state index contributed by atoms with van der Waals surface area (Å²) >= 11 is 5.79. The fourth-order valence-corrected chi connectivity index (χ4v) is 2.15. The first-order chi connectivity index (χ1) is 7.47. The lowest BCUT2D eigenvalue weighted by Crippen LogP contribution is -2.30. The van der Waals surface area contributed by atoms with E-state index in [-0.39, 0.29) is 22.8 Å². The number of hydrogen-bond donors (Lipinski definition) is 1. The van der Waals surface area contributed by atoms with Crippen LogP contribution < -0.4 is 5.73 Å². The lowest BCUT2D eigenvalue weighted by Gasteiger charge is -2.30. The summed E-state index contributed by atoms with van der Waals surface area (Å²) in [5, 5.41) is 0.161. The molecule has 0 aliphatic carbocycles. The highest BCUT2D eigenvalue weighted by molar-refractivity contribution is 6.30. The van der Waals surface area contributed by atoms with Gasteiger partial charge in [0.25, 0.3) is 0 Å². The summed E-state index contributed by atoms with van der Waals surface area (Å²) < 4.78 is 13.1. The molecule has 0 heterocycles. The molecule has 90 valence electrons. The zero-order valence-corrected chi connectivity index (χ0v) is 10.6. The first kappa shape index (κ1) is 13.4. The van der Waals surface area contributed by atoms with Crippen LogP contribution in [-0.2, 0) is 0 Å². The van der Waals surface area contributed by atoms with Crippen LogP contribution >= 0.6 is 11.6 Å². The van der Waals surface area contributed by atoms with E-state index in [2.05, 4.69) is 11.8 Å². The molecule has 16 heavy (non-hydrogen) atoms. The van der Waals surface area contributed by atoms with Crippen LogP contribution in [0.25, 0.3) is 0 Å². The van der Waals surface area contributed by atoms with Gasteiger partial charge in [-0.15, -0.1) is 0 Å². The SMILES string of the molecule is CC(CN)C(c1ccc(F)c(Cl)c1)N(C)C. The van der Waals surface area contributed by atoms with Gasteiger partial charge in [-0.25, -0.2) is 4.39 Å². The first-order valence-corrected chi connectivity index (χ1v) is 5.66. The maximum Gasteiger partial charge on any atom is 0.141 e. The van der Waals surface area contributed by atoms with Gasteiger partial charge in [-0.05, 0) is 44.3 Å². The smallest absolute Gasteiger partial charge is 0.141 e. The minimum Gasteiger partial charge on any atom is -0.330 e. The number of nitrogens with zero attached hydrogens (tertiary/aromatic N) is 1. The average Bonchev–Trinajstić information content (AvgIpc) is 2.22. The van der Waals surface area contributed by atoms with Gasteiger partial charge in [-0.1, -0.05) is 24.6 Å². The Labute approximate surface area is 101 Å². The molecule has 0 radical (unpaired) electrons. The van der Waals surface area contributed by atoms with E-state index in [1.807, 2.05) is 14.1 Å². The fourth-order valence-electron chi connectivity index (χ4n) is 1.96. The Kier molecular flexibility index (Phi) is 4.71. The van der Waals surface area contributed by atoms with Gasteiger partial charge in [0, 0.05) is 6.04 Å². The van der Waals surface area contributed by atoms with E-state index in [9.17, 15) is 4.39 Å². The molecule has 0 aliphatic heterocycles. The molecule has 0 bridgehead atoms. The van der Waals surface area contributed by atoms with Crippen LogP contribution in [0.15, 0.2) is 18.2 Å². The Balaban J connectivity index is 3.06. The van der Waals surface area contributed by atoms with Gasteiger partial charge in [0.2, 0.25) is 0 Å². The summed E-state index contributed by atoms with van der Waals surface area (Å²) in [5.41, 5.74) is 6.68. The van der Waals surface area contributed by atoms with E-state index in [0.29, 0.717) is 6.54 Å². The maximum absolute atomic E-state index is 13.1. The van der Waals surface area contributed by atoms with Gasteiger partial charge in [-0.3, -0.25) is 0 Å². The summed E-state index contributed by atoms with van der Waals surface area (Å²) in [4.78, 5) is 2.07. The zero-order chi connectivity index (χ0) is 12.3. The van der Waals surface area contributed by atoms with Crippen molar-refractivity contribution < 1.29 is 4.39 Å². The second kappa shape index (κ2) is 5.62. The maximum atomic E-state index is 13.1. The molecule has 0 amide bonds. The summed E-state index contributed by atoms with van der Waals surface area (Å²) in [6.07, 6.45) is 0. The van der Waals surface area contributed by atoms with Gasteiger partial charge in [0.1, 0.15) is 5.82 Å². The molecule has 0 aromatic heterocycles. The van der Waals surface area contributed by atoms with Crippen LogP contribution in [0, 0.1) is 11.7 Å². The van der Waals surface area contributed by atoms with Crippen molar-refractivity contribution in [2.45, 2.75) is 13.0 Å². The molecule has 1 aromatic rings. The molecule has 1 aromatic carbocycles. The largest absolute Gasteiger partial charge is 0.330 e. The van der Waals surface area contributed by atoms with Gasteiger partial charge in [-0.2, -0.15) is 0 Å². The minimum absolute atomic E-state index is 0.156. The van der Waals surface area contributed by atoms with Crippen molar-refractivity contribution in [3.05, 3.63) is 34.6 Å². The van der Waals surface area contributed by atoms with E-state index in [4.69, 9.17) is 17.3 Å². The quantitative estimate of drug-likeness (QED) is 0.883. The summed E-state index contributed by atoms with van der Waals surface area (Å²) in [6, 6.07) is 4.99. The third kappa shape index (κ3) is 2.94. The molecular weight excluding hydrogens is 227 g/mol. The van der Waals surface area contributed by atoms with Crippen LogP contribution in [0.3, 0.4) is 0 Å². The second-order valence-electron chi connectivity index (χ2n) is 4.29. The third-order valence-corrected chi connectivity index (χ3v) is 3.04. The Morgan fingerprint density at radius 2 is 2.06 bits per heavy atom. The highest BCUT2D eigenvalue weighted by atomic mass is 35.5. The van der Waals surface area contributed by atoms with E-state index in [1.54, 1.807) is 12.1 Å². The monoisotopic (exact) mass is 244 g/mol. The molecule has 2 nitrogen and oxygen atoms in total. The van der Waals surface area contributed by atoms with Gasteiger partial charge < -0.3 is 10.6 Å². The number of nitrogens with two attached hydrogens (primary N) is 1. The lowest BCUT2D eigenvalue weighted by atomic mass is 9.93. The second-order valence-corrected chi connectivity index (χ2v) is 4.70. The van der Waals surface area contributed by atoms with Crippen LogP contribution in [0.5, 0.6) is 0 Å². The Morgan fingerprint density at radius 1 is 1.44 bits per heavy atom. The molecule has 0 spiro atoms. The fraction of sp³-hybridized carbons (Fsp3) is 0.500. The van der Waals surface area contributed by atoms with Crippen molar-refractivity contribution >= 4 is 11.6 Å². The van der Waals surface area contributed by atoms with Gasteiger partial charge >= 0.3 is 0 Å². The van der Waals surface area contributed by atoms with Crippen molar-refractivity contribution in [3.63, 3.8) is 0 Å². The number of benzene rings is 1. The Morgan fingerprint density at radius 3 is 2.50 bits per heavy atom. The molecule has 0 saturated carbocycles. The summed E-state index contributed by atoms with van der Waals surface area (Å²) in [5.74, 6) is -0.0974. The van der Waals surface area contributed by atoms with E-state index in [0.717, 1.165) is 5.56 Å². The third-order valence-electron chi connectivity index (χ3n) is 2.75. The van der Waals surface area contributed by atoms with Crippen molar-refractivity contribution in [2.75, 3.05) is 20.6 Å². The minimum atomic E-state index is -0.386. The molecule has 1 rings (SSSR count). The predicted molar refractivity (Wildman–Crippen MR) is 66.1 cm³/mol. The number of halogens is 2. The Bertz CT molecular complexity index is 355.